The molecule has 30 heavy (non-hydrogen) atoms. The lowest BCUT2D eigenvalue weighted by molar-refractivity contribution is -0.180. The Kier molecular flexibility index (Phi) is 12.6. The van der Waals surface area contributed by atoms with Crippen LogP contribution in [0.2, 0.25) is 0 Å². The minimum absolute atomic E-state index is 0.158. The zero-order chi connectivity index (χ0) is 22.4. The fourth-order valence-corrected chi connectivity index (χ4v) is 3.92. The van der Waals surface area contributed by atoms with Crippen molar-refractivity contribution in [1.82, 2.24) is 0 Å². The minimum atomic E-state index is -2.05. The third kappa shape index (κ3) is 8.99. The van der Waals surface area contributed by atoms with Crippen LogP contribution in [0.4, 0.5) is 0 Å². The maximum absolute atomic E-state index is 12.8. The van der Waals surface area contributed by atoms with Gasteiger partial charge in [-0.2, -0.15) is 0 Å². The molecule has 0 amide bonds. The summed E-state index contributed by atoms with van der Waals surface area (Å²) < 4.78 is 10.2. The second-order valence-electron chi connectivity index (χ2n) is 8.33. The number of carbonyl (C=O) groups is 3. The number of ether oxygens (including phenoxy) is 2. The fraction of sp³-hybridized carbons (Fsp3) is 0.792. The molecule has 172 valence electrons. The smallest absolute Gasteiger partial charge is 0.303 e. The first kappa shape index (κ1) is 26.3. The van der Waals surface area contributed by atoms with Gasteiger partial charge in [0, 0.05) is 20.3 Å². The molecule has 0 aromatic rings. The number of Topliss-reactive ketones (excluding diaryl/α,β-unsaturated/α-hetero) is 1. The summed E-state index contributed by atoms with van der Waals surface area (Å²) in [7, 11) is 0. The summed E-state index contributed by atoms with van der Waals surface area (Å²) in [5, 5.41) is 11.0. The van der Waals surface area contributed by atoms with Crippen molar-refractivity contribution in [2.24, 2.45) is 0 Å². The van der Waals surface area contributed by atoms with Gasteiger partial charge in [0.25, 0.3) is 0 Å². The molecule has 0 radical (unpaired) electrons. The number of ketones is 1. The molecule has 1 aliphatic carbocycles. The molecule has 0 spiro atoms. The molecular weight excluding hydrogens is 384 g/mol. The van der Waals surface area contributed by atoms with Crippen molar-refractivity contribution in [1.29, 1.82) is 0 Å². The van der Waals surface area contributed by atoms with Gasteiger partial charge >= 0.3 is 11.9 Å². The Morgan fingerprint density at radius 2 is 1.10 bits per heavy atom. The van der Waals surface area contributed by atoms with E-state index in [-0.39, 0.29) is 6.42 Å². The van der Waals surface area contributed by atoms with Gasteiger partial charge in [-0.25, -0.2) is 0 Å². The Bertz CT molecular complexity index is 542. The highest BCUT2D eigenvalue weighted by atomic mass is 16.6. The first-order chi connectivity index (χ1) is 14.3. The Hall–Kier alpha value is -1.69. The van der Waals surface area contributed by atoms with E-state index < -0.39 is 35.5 Å². The largest absolute Gasteiger partial charge is 0.455 e. The predicted molar refractivity (Wildman–Crippen MR) is 116 cm³/mol. The Morgan fingerprint density at radius 1 is 0.733 bits per heavy atom. The first-order valence-electron chi connectivity index (χ1n) is 11.6. The number of esters is 2. The second kappa shape index (κ2) is 14.3. The van der Waals surface area contributed by atoms with Crippen molar-refractivity contribution in [2.75, 3.05) is 0 Å². The summed E-state index contributed by atoms with van der Waals surface area (Å²) >= 11 is 0. The molecule has 1 N–H and O–H groups in total. The molecule has 1 rings (SSSR count). The van der Waals surface area contributed by atoms with E-state index in [0.717, 1.165) is 19.3 Å². The predicted octanol–water partition coefficient (Wildman–Crippen LogP) is 4.81. The molecule has 0 aromatic carbocycles. The van der Waals surface area contributed by atoms with Crippen LogP contribution in [0.1, 0.15) is 104 Å². The van der Waals surface area contributed by atoms with E-state index in [1.54, 1.807) is 0 Å². The first-order valence-corrected chi connectivity index (χ1v) is 11.6. The summed E-state index contributed by atoms with van der Waals surface area (Å²) in [5.41, 5.74) is -2.05. The normalized spacial score (nSPS) is 19.6. The second-order valence-corrected chi connectivity index (χ2v) is 8.33. The minimum Gasteiger partial charge on any atom is -0.455 e. The molecule has 0 saturated carbocycles. The standard InChI is InChI=1S/C24H40O6/c1-4-5-6-7-8-9-10-11-12-13-14-15-16-21(27)24(28)22(29-19(2)25)17-18-23(24)30-20(3)26/h17-18,22-23,28H,4-16H2,1-3H3/t22-,23-/m1/s1. The van der Waals surface area contributed by atoms with Crippen molar-refractivity contribution in [3.05, 3.63) is 12.2 Å². The average molecular weight is 425 g/mol. The molecule has 0 saturated heterocycles. The van der Waals surface area contributed by atoms with Crippen molar-refractivity contribution < 1.29 is 29.0 Å². The average Bonchev–Trinajstić information content (AvgIpc) is 2.98. The molecule has 2 atom stereocenters. The van der Waals surface area contributed by atoms with Crippen LogP contribution in [-0.4, -0.2) is 40.6 Å². The summed E-state index contributed by atoms with van der Waals surface area (Å²) in [6.45, 7) is 4.65. The topological polar surface area (TPSA) is 89.9 Å². The van der Waals surface area contributed by atoms with Crippen LogP contribution in [0, 0.1) is 0 Å². The van der Waals surface area contributed by atoms with Gasteiger partial charge < -0.3 is 14.6 Å². The van der Waals surface area contributed by atoms with Crippen molar-refractivity contribution in [2.45, 2.75) is 122 Å². The number of hydrogen-bond donors (Lipinski definition) is 1. The van der Waals surface area contributed by atoms with E-state index in [0.29, 0.717) is 6.42 Å². The summed E-state index contributed by atoms with van der Waals surface area (Å²) in [5.74, 6) is -1.67. The Labute approximate surface area is 181 Å². The van der Waals surface area contributed by atoms with Crippen LogP contribution in [0.25, 0.3) is 0 Å². The lowest BCUT2D eigenvalue weighted by Crippen LogP contribution is -2.56. The van der Waals surface area contributed by atoms with Crippen molar-refractivity contribution in [3.8, 4) is 0 Å². The van der Waals surface area contributed by atoms with E-state index in [1.165, 1.54) is 77.4 Å². The van der Waals surface area contributed by atoms with Gasteiger partial charge in [0.05, 0.1) is 0 Å². The summed E-state index contributed by atoms with van der Waals surface area (Å²) in [4.78, 5) is 35.4. The molecule has 1 aliphatic rings. The van der Waals surface area contributed by atoms with Gasteiger partial charge in [0.2, 0.25) is 5.60 Å². The monoisotopic (exact) mass is 424 g/mol. The molecular formula is C24H40O6. The van der Waals surface area contributed by atoms with Crippen LogP contribution in [0.15, 0.2) is 12.2 Å². The SMILES string of the molecule is CCCCCCCCCCCCCCC(=O)C1(O)[C@H](OC(C)=O)C=C[C@H]1OC(C)=O. The summed E-state index contributed by atoms with van der Waals surface area (Å²) in [6, 6.07) is 0. The maximum Gasteiger partial charge on any atom is 0.303 e. The van der Waals surface area contributed by atoms with E-state index in [1.807, 2.05) is 0 Å². The number of hydrogen-bond acceptors (Lipinski definition) is 6. The molecule has 0 heterocycles. The molecule has 0 aliphatic heterocycles. The molecule has 6 nitrogen and oxygen atoms in total. The van der Waals surface area contributed by atoms with Crippen LogP contribution < -0.4 is 0 Å². The molecule has 0 aromatic heterocycles. The third-order valence-corrected chi connectivity index (χ3v) is 5.62. The van der Waals surface area contributed by atoms with Crippen LogP contribution in [0.5, 0.6) is 0 Å². The maximum atomic E-state index is 12.8. The van der Waals surface area contributed by atoms with E-state index in [2.05, 4.69) is 6.92 Å². The molecule has 0 fully saturated rings. The zero-order valence-corrected chi connectivity index (χ0v) is 19.0. The number of aliphatic hydroxyl groups is 1. The quantitative estimate of drug-likeness (QED) is 0.217. The number of unbranched alkanes of at least 4 members (excludes halogenated alkanes) is 11. The highest BCUT2D eigenvalue weighted by Gasteiger charge is 2.55. The van der Waals surface area contributed by atoms with Gasteiger partial charge in [-0.3, -0.25) is 14.4 Å². The highest BCUT2D eigenvalue weighted by Crippen LogP contribution is 2.32. The Morgan fingerprint density at radius 3 is 1.47 bits per heavy atom. The van der Waals surface area contributed by atoms with Gasteiger partial charge in [-0.05, 0) is 18.6 Å². The van der Waals surface area contributed by atoms with Crippen LogP contribution in [0.3, 0.4) is 0 Å². The van der Waals surface area contributed by atoms with E-state index in [9.17, 15) is 19.5 Å². The van der Waals surface area contributed by atoms with Crippen LogP contribution in [-0.2, 0) is 23.9 Å². The molecule has 6 heteroatoms. The van der Waals surface area contributed by atoms with Crippen LogP contribution >= 0.6 is 0 Å². The number of carbonyl (C=O) groups excluding carboxylic acids is 3. The molecule has 0 unspecified atom stereocenters. The van der Waals surface area contributed by atoms with Gasteiger partial charge in [0.15, 0.2) is 18.0 Å². The van der Waals surface area contributed by atoms with Gasteiger partial charge in [-0.1, -0.05) is 77.6 Å². The summed E-state index contributed by atoms with van der Waals surface area (Å²) in [6.07, 6.45) is 14.9. The number of rotatable bonds is 16. The fourth-order valence-electron chi connectivity index (χ4n) is 3.92. The van der Waals surface area contributed by atoms with E-state index in [4.69, 9.17) is 9.47 Å². The van der Waals surface area contributed by atoms with Gasteiger partial charge in [0.1, 0.15) is 0 Å². The Balaban J connectivity index is 2.30. The zero-order valence-electron chi connectivity index (χ0n) is 19.0. The van der Waals surface area contributed by atoms with Gasteiger partial charge in [-0.15, -0.1) is 0 Å². The third-order valence-electron chi connectivity index (χ3n) is 5.62. The molecule has 0 bridgehead atoms. The van der Waals surface area contributed by atoms with E-state index >= 15 is 0 Å². The van der Waals surface area contributed by atoms with Crippen molar-refractivity contribution in [3.63, 3.8) is 0 Å². The van der Waals surface area contributed by atoms with Crippen molar-refractivity contribution >= 4 is 17.7 Å². The highest BCUT2D eigenvalue weighted by molar-refractivity contribution is 5.90. The lowest BCUT2D eigenvalue weighted by Gasteiger charge is -2.32. The lowest BCUT2D eigenvalue weighted by atomic mass is 9.87.